The minimum Gasteiger partial charge on any atom is -0.477 e. The molecule has 1 aromatic carbocycles. The van der Waals surface area contributed by atoms with Gasteiger partial charge < -0.3 is 15.9 Å². The van der Waals surface area contributed by atoms with Crippen LogP contribution in [0.1, 0.15) is 18.4 Å². The largest absolute Gasteiger partial charge is 0.477 e. The molecule has 4 nitrogen and oxygen atoms in total. The maximum Gasteiger partial charge on any atom is 0.352 e. The van der Waals surface area contributed by atoms with Gasteiger partial charge in [0.2, 0.25) is 0 Å². The Labute approximate surface area is 116 Å². The third kappa shape index (κ3) is 4.81. The number of allylic oxidation sites excluding steroid dienone is 1. The molecular weight excluding hydrogens is 262 g/mol. The third-order valence-electron chi connectivity index (χ3n) is 2.43. The fourth-order valence-corrected chi connectivity index (χ4v) is 2.43. The van der Waals surface area contributed by atoms with E-state index in [1.807, 2.05) is 30.3 Å². The molecule has 0 saturated heterocycles. The van der Waals surface area contributed by atoms with E-state index in [4.69, 9.17) is 15.9 Å². The Bertz CT molecular complexity index is 483. The lowest BCUT2D eigenvalue weighted by molar-refractivity contribution is -0.132. The van der Waals surface area contributed by atoms with Crippen LogP contribution in [0.2, 0.25) is 0 Å². The van der Waals surface area contributed by atoms with E-state index in [2.05, 4.69) is 6.58 Å². The molecule has 0 heterocycles. The highest BCUT2D eigenvalue weighted by atomic mass is 32.2. The van der Waals surface area contributed by atoms with Crippen LogP contribution in [0.15, 0.2) is 47.5 Å². The van der Waals surface area contributed by atoms with Crippen LogP contribution in [0.5, 0.6) is 0 Å². The first-order chi connectivity index (χ1) is 9.06. The summed E-state index contributed by atoms with van der Waals surface area (Å²) in [6, 6.07) is 9.47. The summed E-state index contributed by atoms with van der Waals surface area (Å²) >= 11 is 1.24. The number of carbonyl (C=O) groups is 1. The van der Waals surface area contributed by atoms with Crippen molar-refractivity contribution in [2.75, 3.05) is 6.61 Å². The topological polar surface area (TPSA) is 83.5 Å². The van der Waals surface area contributed by atoms with Crippen LogP contribution in [-0.2, 0) is 4.79 Å². The van der Waals surface area contributed by atoms with Crippen molar-refractivity contribution in [1.82, 2.24) is 0 Å². The average Bonchev–Trinajstić information content (AvgIpc) is 2.43. The van der Waals surface area contributed by atoms with Gasteiger partial charge in [0.25, 0.3) is 0 Å². The molecule has 102 valence electrons. The van der Waals surface area contributed by atoms with Gasteiger partial charge in [-0.1, -0.05) is 48.7 Å². The first-order valence-electron chi connectivity index (χ1n) is 5.81. The highest BCUT2D eigenvalue weighted by Gasteiger charge is 2.13. The summed E-state index contributed by atoms with van der Waals surface area (Å²) < 4.78 is 0. The van der Waals surface area contributed by atoms with Crippen LogP contribution < -0.4 is 5.73 Å². The molecule has 1 rings (SSSR count). The van der Waals surface area contributed by atoms with Gasteiger partial charge in [-0.2, -0.15) is 0 Å². The van der Waals surface area contributed by atoms with Crippen molar-refractivity contribution in [3.8, 4) is 0 Å². The molecule has 0 spiro atoms. The van der Waals surface area contributed by atoms with E-state index in [-0.39, 0.29) is 12.3 Å². The van der Waals surface area contributed by atoms with Crippen molar-refractivity contribution >= 4 is 22.6 Å². The summed E-state index contributed by atoms with van der Waals surface area (Å²) in [4.78, 5) is 12.2. The molecule has 4 N–H and O–H groups in total. The number of hydrogen-bond donors (Lipinski definition) is 3. The number of carboxylic acids is 1. The lowest BCUT2D eigenvalue weighted by atomic mass is 10.2. The molecular formula is C14H17NO3S. The highest BCUT2D eigenvalue weighted by Crippen LogP contribution is 2.35. The minimum absolute atomic E-state index is 0.00519. The molecule has 1 aromatic rings. The third-order valence-corrected chi connectivity index (χ3v) is 3.59. The van der Waals surface area contributed by atoms with Crippen LogP contribution in [0.4, 0.5) is 0 Å². The van der Waals surface area contributed by atoms with Crippen LogP contribution in [-0.4, -0.2) is 22.8 Å². The SMILES string of the molecule is C=C(S/C(CCCO)=C(\N)C(=O)O)c1ccccc1. The number of aliphatic hydroxyl groups is 1. The predicted octanol–water partition coefficient (Wildman–Crippen LogP) is 2.42. The number of rotatable bonds is 7. The summed E-state index contributed by atoms with van der Waals surface area (Å²) in [7, 11) is 0. The molecule has 0 saturated carbocycles. The van der Waals surface area contributed by atoms with Crippen molar-refractivity contribution in [2.24, 2.45) is 5.73 Å². The quantitative estimate of drug-likeness (QED) is 0.668. The van der Waals surface area contributed by atoms with Gasteiger partial charge in [0.15, 0.2) is 0 Å². The number of aliphatic hydroxyl groups excluding tert-OH is 1. The number of nitrogens with two attached hydrogens (primary N) is 1. The molecule has 0 amide bonds. The number of hydrogen-bond acceptors (Lipinski definition) is 4. The highest BCUT2D eigenvalue weighted by molar-refractivity contribution is 8.11. The van der Waals surface area contributed by atoms with Gasteiger partial charge in [-0.3, -0.25) is 0 Å². The minimum atomic E-state index is -1.15. The lowest BCUT2D eigenvalue weighted by Crippen LogP contribution is -2.12. The zero-order valence-corrected chi connectivity index (χ0v) is 11.3. The second kappa shape index (κ2) is 7.66. The molecule has 0 radical (unpaired) electrons. The van der Waals surface area contributed by atoms with Gasteiger partial charge in [-0.05, 0) is 18.4 Å². The van der Waals surface area contributed by atoms with Gasteiger partial charge in [0.05, 0.1) is 0 Å². The average molecular weight is 279 g/mol. The molecule has 0 aliphatic heterocycles. The zero-order valence-electron chi connectivity index (χ0n) is 10.5. The first-order valence-corrected chi connectivity index (χ1v) is 6.63. The summed E-state index contributed by atoms with van der Waals surface area (Å²) in [5.41, 5.74) is 6.30. The molecule has 0 aliphatic carbocycles. The van der Waals surface area contributed by atoms with Gasteiger partial charge in [0.1, 0.15) is 5.70 Å². The number of aliphatic carboxylic acids is 1. The van der Waals surface area contributed by atoms with Crippen LogP contribution >= 0.6 is 11.8 Å². The van der Waals surface area contributed by atoms with Gasteiger partial charge in [-0.15, -0.1) is 0 Å². The molecule has 0 atom stereocenters. The Morgan fingerprint density at radius 1 is 1.32 bits per heavy atom. The van der Waals surface area contributed by atoms with E-state index in [1.165, 1.54) is 11.8 Å². The van der Waals surface area contributed by atoms with Gasteiger partial charge in [0, 0.05) is 16.4 Å². The standard InChI is InChI=1S/C14H17NO3S/c1-10(11-6-3-2-4-7-11)19-12(8-5-9-16)13(15)14(17)18/h2-4,6-7,16H,1,5,8-9,15H2,(H,17,18)/b13-12-. The number of thioether (sulfide) groups is 1. The maximum absolute atomic E-state index is 10.9. The number of benzene rings is 1. The summed E-state index contributed by atoms with van der Waals surface area (Å²) in [6.07, 6.45) is 0.892. The van der Waals surface area contributed by atoms with E-state index in [0.29, 0.717) is 17.7 Å². The Balaban J connectivity index is 2.87. The van der Waals surface area contributed by atoms with Crippen molar-refractivity contribution < 1.29 is 15.0 Å². The maximum atomic E-state index is 10.9. The van der Waals surface area contributed by atoms with E-state index < -0.39 is 5.97 Å². The molecule has 19 heavy (non-hydrogen) atoms. The lowest BCUT2D eigenvalue weighted by Gasteiger charge is -2.11. The van der Waals surface area contributed by atoms with E-state index >= 15 is 0 Å². The smallest absolute Gasteiger partial charge is 0.352 e. The van der Waals surface area contributed by atoms with E-state index in [1.54, 1.807) is 0 Å². The number of carboxylic acid groups (broad SMARTS) is 1. The zero-order chi connectivity index (χ0) is 14.3. The van der Waals surface area contributed by atoms with Gasteiger partial charge in [-0.25, -0.2) is 4.79 Å². The van der Waals surface area contributed by atoms with Crippen LogP contribution in [0, 0.1) is 0 Å². The van der Waals surface area contributed by atoms with Crippen molar-refractivity contribution in [3.05, 3.63) is 53.1 Å². The van der Waals surface area contributed by atoms with Crippen molar-refractivity contribution in [2.45, 2.75) is 12.8 Å². The Morgan fingerprint density at radius 3 is 2.47 bits per heavy atom. The fraction of sp³-hybridized carbons (Fsp3) is 0.214. The Morgan fingerprint density at radius 2 is 1.95 bits per heavy atom. The molecule has 0 fully saturated rings. The predicted molar refractivity (Wildman–Crippen MR) is 78.2 cm³/mol. The summed E-state index contributed by atoms with van der Waals surface area (Å²) in [6.45, 7) is 3.93. The van der Waals surface area contributed by atoms with E-state index in [0.717, 1.165) is 10.5 Å². The van der Waals surface area contributed by atoms with Crippen molar-refractivity contribution in [1.29, 1.82) is 0 Å². The Kier molecular flexibility index (Phi) is 6.18. The van der Waals surface area contributed by atoms with Crippen LogP contribution in [0.25, 0.3) is 4.91 Å². The first kappa shape index (κ1) is 15.3. The Hall–Kier alpha value is -1.72. The normalized spacial score (nSPS) is 11.8. The summed E-state index contributed by atoms with van der Waals surface area (Å²) in [5.74, 6) is -1.15. The van der Waals surface area contributed by atoms with Crippen LogP contribution in [0.3, 0.4) is 0 Å². The second-order valence-electron chi connectivity index (χ2n) is 3.86. The van der Waals surface area contributed by atoms with Gasteiger partial charge >= 0.3 is 5.97 Å². The second-order valence-corrected chi connectivity index (χ2v) is 5.05. The van der Waals surface area contributed by atoms with E-state index in [9.17, 15) is 4.79 Å². The van der Waals surface area contributed by atoms with Crippen molar-refractivity contribution in [3.63, 3.8) is 0 Å². The molecule has 5 heteroatoms. The monoisotopic (exact) mass is 279 g/mol. The molecule has 0 bridgehead atoms. The molecule has 0 unspecified atom stereocenters. The molecule has 0 aliphatic rings. The molecule has 0 aromatic heterocycles. The summed E-state index contributed by atoms with van der Waals surface area (Å²) in [5, 5.41) is 17.8. The fourth-order valence-electron chi connectivity index (χ4n) is 1.43.